The SMILES string of the molecule is Cc1ccc(C)c(-c2csc(C3CN(Cc4ccccc4)CCO3)n2)c1. The summed E-state index contributed by atoms with van der Waals surface area (Å²) in [5, 5.41) is 3.25. The van der Waals surface area contributed by atoms with E-state index in [4.69, 9.17) is 9.72 Å². The Morgan fingerprint density at radius 1 is 1.15 bits per heavy atom. The third-order valence-corrected chi connectivity index (χ3v) is 5.80. The molecule has 0 bridgehead atoms. The highest BCUT2D eigenvalue weighted by Crippen LogP contribution is 2.31. The van der Waals surface area contributed by atoms with Crippen LogP contribution in [0.3, 0.4) is 0 Å². The van der Waals surface area contributed by atoms with Crippen LogP contribution in [-0.4, -0.2) is 29.6 Å². The van der Waals surface area contributed by atoms with Gasteiger partial charge in [0.2, 0.25) is 0 Å². The van der Waals surface area contributed by atoms with E-state index in [9.17, 15) is 0 Å². The van der Waals surface area contributed by atoms with Crippen molar-refractivity contribution in [3.63, 3.8) is 0 Å². The largest absolute Gasteiger partial charge is 0.368 e. The van der Waals surface area contributed by atoms with Gasteiger partial charge in [-0.25, -0.2) is 4.98 Å². The van der Waals surface area contributed by atoms with Gasteiger partial charge in [0.15, 0.2) is 0 Å². The van der Waals surface area contributed by atoms with Gasteiger partial charge < -0.3 is 4.74 Å². The number of morpholine rings is 1. The Kier molecular flexibility index (Phi) is 5.16. The van der Waals surface area contributed by atoms with Gasteiger partial charge in [0.25, 0.3) is 0 Å². The minimum absolute atomic E-state index is 0.0660. The summed E-state index contributed by atoms with van der Waals surface area (Å²) in [5.74, 6) is 0. The average molecular weight is 365 g/mol. The second-order valence-electron chi connectivity index (χ2n) is 6.97. The van der Waals surface area contributed by atoms with Crippen molar-refractivity contribution in [1.82, 2.24) is 9.88 Å². The molecule has 4 rings (SSSR count). The highest BCUT2D eigenvalue weighted by Gasteiger charge is 2.25. The second kappa shape index (κ2) is 7.70. The molecule has 1 aliphatic rings. The third-order valence-electron chi connectivity index (χ3n) is 4.87. The maximum atomic E-state index is 6.04. The molecule has 2 heterocycles. The molecule has 3 nitrogen and oxygen atoms in total. The van der Waals surface area contributed by atoms with Gasteiger partial charge in [-0.1, -0.05) is 48.0 Å². The van der Waals surface area contributed by atoms with Crippen LogP contribution in [0.15, 0.2) is 53.9 Å². The second-order valence-corrected chi connectivity index (χ2v) is 7.86. The van der Waals surface area contributed by atoms with Gasteiger partial charge in [-0.3, -0.25) is 4.90 Å². The lowest BCUT2D eigenvalue weighted by atomic mass is 10.0. The average Bonchev–Trinajstić information content (AvgIpc) is 3.15. The molecule has 1 atom stereocenters. The van der Waals surface area contributed by atoms with Crippen molar-refractivity contribution in [1.29, 1.82) is 0 Å². The van der Waals surface area contributed by atoms with Crippen molar-refractivity contribution in [3.8, 4) is 11.3 Å². The first-order valence-corrected chi connectivity index (χ1v) is 9.98. The van der Waals surface area contributed by atoms with Crippen molar-refractivity contribution >= 4 is 11.3 Å². The van der Waals surface area contributed by atoms with Crippen LogP contribution >= 0.6 is 11.3 Å². The van der Waals surface area contributed by atoms with Crippen molar-refractivity contribution in [2.45, 2.75) is 26.5 Å². The fourth-order valence-electron chi connectivity index (χ4n) is 3.41. The van der Waals surface area contributed by atoms with Gasteiger partial charge in [0.1, 0.15) is 11.1 Å². The van der Waals surface area contributed by atoms with Crippen LogP contribution in [0.4, 0.5) is 0 Å². The molecule has 1 aromatic heterocycles. The molecular formula is C22H24N2OS. The molecule has 26 heavy (non-hydrogen) atoms. The fraction of sp³-hybridized carbons (Fsp3) is 0.318. The van der Waals surface area contributed by atoms with E-state index >= 15 is 0 Å². The van der Waals surface area contributed by atoms with E-state index in [2.05, 4.69) is 72.7 Å². The lowest BCUT2D eigenvalue weighted by Gasteiger charge is -2.32. The molecule has 0 N–H and O–H groups in total. The minimum atomic E-state index is 0.0660. The number of rotatable bonds is 4. The quantitative estimate of drug-likeness (QED) is 0.651. The van der Waals surface area contributed by atoms with Crippen LogP contribution in [0.5, 0.6) is 0 Å². The normalized spacial score (nSPS) is 18.2. The number of benzene rings is 2. The molecule has 0 spiro atoms. The zero-order valence-electron chi connectivity index (χ0n) is 15.3. The van der Waals surface area contributed by atoms with E-state index in [0.717, 1.165) is 36.9 Å². The summed E-state index contributed by atoms with van der Waals surface area (Å²) in [6.45, 7) is 7.87. The highest BCUT2D eigenvalue weighted by molar-refractivity contribution is 7.10. The molecule has 0 saturated carbocycles. The Balaban J connectivity index is 1.49. The lowest BCUT2D eigenvalue weighted by Crippen LogP contribution is -2.37. The van der Waals surface area contributed by atoms with Gasteiger partial charge in [-0.15, -0.1) is 11.3 Å². The van der Waals surface area contributed by atoms with Crippen LogP contribution in [0.1, 0.15) is 27.8 Å². The van der Waals surface area contributed by atoms with Gasteiger partial charge in [-0.05, 0) is 31.0 Å². The predicted octanol–water partition coefficient (Wildman–Crippen LogP) is 5.00. The zero-order valence-corrected chi connectivity index (χ0v) is 16.1. The Hall–Kier alpha value is -2.01. The lowest BCUT2D eigenvalue weighted by molar-refractivity contribution is -0.0329. The number of aryl methyl sites for hydroxylation is 2. The molecule has 1 saturated heterocycles. The van der Waals surface area contributed by atoms with Gasteiger partial charge >= 0.3 is 0 Å². The van der Waals surface area contributed by atoms with Crippen LogP contribution in [-0.2, 0) is 11.3 Å². The van der Waals surface area contributed by atoms with Crippen LogP contribution < -0.4 is 0 Å². The molecule has 0 radical (unpaired) electrons. The van der Waals surface area contributed by atoms with Gasteiger partial charge in [0, 0.05) is 30.6 Å². The van der Waals surface area contributed by atoms with Crippen molar-refractivity contribution in [2.75, 3.05) is 19.7 Å². The van der Waals surface area contributed by atoms with Gasteiger partial charge in [0.05, 0.1) is 12.3 Å². The summed E-state index contributed by atoms with van der Waals surface area (Å²) in [7, 11) is 0. The maximum absolute atomic E-state index is 6.04. The Bertz CT molecular complexity index is 875. The van der Waals surface area contributed by atoms with E-state index in [0.29, 0.717) is 0 Å². The summed E-state index contributed by atoms with van der Waals surface area (Å²) < 4.78 is 6.04. The first-order valence-electron chi connectivity index (χ1n) is 9.10. The topological polar surface area (TPSA) is 25.4 Å². The summed E-state index contributed by atoms with van der Waals surface area (Å²) in [5.41, 5.74) is 6.17. The molecule has 1 fully saturated rings. The first-order chi connectivity index (χ1) is 12.7. The number of aromatic nitrogens is 1. The number of hydrogen-bond acceptors (Lipinski definition) is 4. The van der Waals surface area contributed by atoms with E-state index in [1.807, 2.05) is 0 Å². The van der Waals surface area contributed by atoms with Crippen molar-refractivity contribution in [3.05, 3.63) is 75.6 Å². The minimum Gasteiger partial charge on any atom is -0.368 e. The third kappa shape index (κ3) is 3.88. The molecule has 1 unspecified atom stereocenters. The Labute approximate surface area is 159 Å². The number of ether oxygens (including phenoxy) is 1. The smallest absolute Gasteiger partial charge is 0.124 e. The number of nitrogens with zero attached hydrogens (tertiary/aromatic N) is 2. The molecule has 1 aliphatic heterocycles. The zero-order chi connectivity index (χ0) is 17.9. The van der Waals surface area contributed by atoms with E-state index in [1.54, 1.807) is 11.3 Å². The molecule has 3 aromatic rings. The van der Waals surface area contributed by atoms with E-state index in [1.165, 1.54) is 22.3 Å². The highest BCUT2D eigenvalue weighted by atomic mass is 32.1. The summed E-state index contributed by atoms with van der Waals surface area (Å²) >= 11 is 1.71. The summed E-state index contributed by atoms with van der Waals surface area (Å²) in [6, 6.07) is 17.2. The number of thiazole rings is 1. The standard InChI is InChI=1S/C22H24N2OS/c1-16-8-9-17(2)19(12-16)20-15-26-22(23-20)21-14-24(10-11-25-21)13-18-6-4-3-5-7-18/h3-9,12,15,21H,10-11,13-14H2,1-2H3. The molecule has 4 heteroatoms. The van der Waals surface area contributed by atoms with E-state index in [-0.39, 0.29) is 6.10 Å². The van der Waals surface area contributed by atoms with Crippen molar-refractivity contribution < 1.29 is 4.74 Å². The van der Waals surface area contributed by atoms with E-state index < -0.39 is 0 Å². The van der Waals surface area contributed by atoms with Crippen LogP contribution in [0, 0.1) is 13.8 Å². The molecule has 2 aromatic carbocycles. The molecule has 0 aliphatic carbocycles. The van der Waals surface area contributed by atoms with Crippen LogP contribution in [0.25, 0.3) is 11.3 Å². The molecule has 134 valence electrons. The maximum Gasteiger partial charge on any atom is 0.124 e. The molecular weight excluding hydrogens is 340 g/mol. The Morgan fingerprint density at radius 3 is 2.85 bits per heavy atom. The predicted molar refractivity (Wildman–Crippen MR) is 107 cm³/mol. The van der Waals surface area contributed by atoms with Crippen molar-refractivity contribution in [2.24, 2.45) is 0 Å². The van der Waals surface area contributed by atoms with Gasteiger partial charge in [-0.2, -0.15) is 0 Å². The summed E-state index contributed by atoms with van der Waals surface area (Å²) in [4.78, 5) is 7.38. The fourth-order valence-corrected chi connectivity index (χ4v) is 4.27. The first kappa shape index (κ1) is 17.4. The Morgan fingerprint density at radius 2 is 2.00 bits per heavy atom. The number of hydrogen-bond donors (Lipinski definition) is 0. The monoisotopic (exact) mass is 364 g/mol. The van der Waals surface area contributed by atoms with Crippen LogP contribution in [0.2, 0.25) is 0 Å². The summed E-state index contributed by atoms with van der Waals surface area (Å²) in [6.07, 6.45) is 0.0660. The molecule has 0 amide bonds.